The van der Waals surface area contributed by atoms with Crippen LogP contribution in [0.3, 0.4) is 0 Å². The third-order valence-electron chi connectivity index (χ3n) is 6.48. The quantitative estimate of drug-likeness (QED) is 0.796. The summed E-state index contributed by atoms with van der Waals surface area (Å²) in [5, 5.41) is 3.37. The van der Waals surface area contributed by atoms with Gasteiger partial charge in [-0.15, -0.1) is 0 Å². The minimum atomic E-state index is -0.863. The van der Waals surface area contributed by atoms with E-state index >= 15 is 0 Å². The Balaban J connectivity index is 1.17. The molecule has 0 radical (unpaired) electrons. The van der Waals surface area contributed by atoms with E-state index in [0.717, 1.165) is 50.9 Å². The predicted octanol–water partition coefficient (Wildman–Crippen LogP) is 0.690. The Morgan fingerprint density at radius 2 is 1.97 bits per heavy atom. The maximum Gasteiger partial charge on any atom is 0.239 e. The summed E-state index contributed by atoms with van der Waals surface area (Å²) < 4.78 is 15.5. The van der Waals surface area contributed by atoms with Crippen LogP contribution < -0.4 is 10.2 Å². The highest BCUT2D eigenvalue weighted by Crippen LogP contribution is 2.23. The SMILES string of the molecule is O=C([C@@H]1C[C@H](N2CCN(c3nccn3-c3ccccn3)CC2)CN1)N1CCC(F)C1. The number of nitrogens with one attached hydrogen (secondary N) is 1. The number of carbonyl (C=O) groups excluding carboxylic acids is 1. The van der Waals surface area contributed by atoms with Crippen molar-refractivity contribution in [3.05, 3.63) is 36.8 Å². The van der Waals surface area contributed by atoms with E-state index in [-0.39, 0.29) is 18.5 Å². The van der Waals surface area contributed by atoms with Gasteiger partial charge in [-0.05, 0) is 25.0 Å². The largest absolute Gasteiger partial charge is 0.339 e. The lowest BCUT2D eigenvalue weighted by atomic mass is 10.1. The van der Waals surface area contributed by atoms with Crippen LogP contribution in [0, 0.1) is 0 Å². The van der Waals surface area contributed by atoms with Gasteiger partial charge in [-0.1, -0.05) is 6.07 Å². The van der Waals surface area contributed by atoms with Crippen LogP contribution in [0.15, 0.2) is 36.8 Å². The summed E-state index contributed by atoms with van der Waals surface area (Å²) in [7, 11) is 0. The van der Waals surface area contributed by atoms with E-state index in [9.17, 15) is 9.18 Å². The Morgan fingerprint density at radius 1 is 1.10 bits per heavy atom. The fourth-order valence-electron chi connectivity index (χ4n) is 4.81. The van der Waals surface area contributed by atoms with E-state index < -0.39 is 6.17 Å². The van der Waals surface area contributed by atoms with Gasteiger partial charge < -0.3 is 15.1 Å². The maximum absolute atomic E-state index is 13.4. The van der Waals surface area contributed by atoms with Crippen LogP contribution >= 0.6 is 0 Å². The van der Waals surface area contributed by atoms with Gasteiger partial charge in [-0.2, -0.15) is 0 Å². The molecule has 8 nitrogen and oxygen atoms in total. The highest BCUT2D eigenvalue weighted by Gasteiger charge is 2.38. The zero-order valence-corrected chi connectivity index (χ0v) is 17.0. The first kappa shape index (κ1) is 19.4. The zero-order valence-electron chi connectivity index (χ0n) is 17.0. The van der Waals surface area contributed by atoms with Crippen LogP contribution in [0.5, 0.6) is 0 Å². The Bertz CT molecular complexity index is 867. The van der Waals surface area contributed by atoms with Gasteiger partial charge in [0.1, 0.15) is 12.0 Å². The van der Waals surface area contributed by atoms with Crippen molar-refractivity contribution in [3.63, 3.8) is 0 Å². The fraction of sp³-hybridized carbons (Fsp3) is 0.571. The molecule has 0 aromatic carbocycles. The second-order valence-corrected chi connectivity index (χ2v) is 8.33. The summed E-state index contributed by atoms with van der Waals surface area (Å²) in [5.41, 5.74) is 0. The molecular formula is C21H28FN7O. The summed E-state index contributed by atoms with van der Waals surface area (Å²) in [6, 6.07) is 6.03. The lowest BCUT2D eigenvalue weighted by Crippen LogP contribution is -2.51. The molecule has 0 spiro atoms. The molecule has 3 saturated heterocycles. The van der Waals surface area contributed by atoms with E-state index in [0.29, 0.717) is 19.0 Å². The number of likely N-dealkylation sites (tertiary alicyclic amines) is 1. The first-order chi connectivity index (χ1) is 14.7. The summed E-state index contributed by atoms with van der Waals surface area (Å²) >= 11 is 0. The number of piperazine rings is 1. The van der Waals surface area contributed by atoms with Crippen LogP contribution in [0.2, 0.25) is 0 Å². The van der Waals surface area contributed by atoms with Gasteiger partial charge in [-0.25, -0.2) is 14.4 Å². The summed E-state index contributed by atoms with van der Waals surface area (Å²) in [6.07, 6.45) is 5.96. The monoisotopic (exact) mass is 413 g/mol. The zero-order chi connectivity index (χ0) is 20.5. The van der Waals surface area contributed by atoms with E-state index in [1.807, 2.05) is 35.2 Å². The minimum absolute atomic E-state index is 0.0636. The molecule has 3 aliphatic heterocycles. The summed E-state index contributed by atoms with van der Waals surface area (Å²) in [5.74, 6) is 1.85. The van der Waals surface area contributed by atoms with E-state index in [1.165, 1.54) is 0 Å². The third-order valence-corrected chi connectivity index (χ3v) is 6.48. The van der Waals surface area contributed by atoms with Crippen molar-refractivity contribution in [1.29, 1.82) is 0 Å². The van der Waals surface area contributed by atoms with Gasteiger partial charge in [0.05, 0.1) is 12.6 Å². The molecule has 0 aliphatic carbocycles. The second kappa shape index (κ2) is 8.31. The number of pyridine rings is 1. The molecule has 5 rings (SSSR count). The lowest BCUT2D eigenvalue weighted by Gasteiger charge is -2.38. The average Bonchev–Trinajstić information content (AvgIpc) is 3.54. The molecule has 160 valence electrons. The van der Waals surface area contributed by atoms with Crippen LogP contribution in [0.1, 0.15) is 12.8 Å². The van der Waals surface area contributed by atoms with Crippen LogP contribution in [0.25, 0.3) is 5.82 Å². The number of halogens is 1. The standard InChI is InChI=1S/C21H28FN7O/c22-16-4-7-28(15-16)20(30)18-13-17(14-25-18)26-9-11-27(12-10-26)21-24-6-8-29(21)19-3-1-2-5-23-19/h1-3,5-6,8,16-18,25H,4,7,9-15H2/t16?,17-,18-/m0/s1. The Kier molecular flexibility index (Phi) is 5.39. The van der Waals surface area contributed by atoms with Gasteiger partial charge in [0.2, 0.25) is 11.9 Å². The molecule has 3 fully saturated rings. The summed E-state index contributed by atoms with van der Waals surface area (Å²) in [6.45, 7) is 5.24. The Morgan fingerprint density at radius 3 is 2.70 bits per heavy atom. The number of rotatable bonds is 4. The molecule has 0 saturated carbocycles. The van der Waals surface area contributed by atoms with E-state index in [4.69, 9.17) is 0 Å². The van der Waals surface area contributed by atoms with Crippen molar-refractivity contribution in [2.45, 2.75) is 31.1 Å². The second-order valence-electron chi connectivity index (χ2n) is 8.33. The molecular weight excluding hydrogens is 385 g/mol. The number of anilines is 1. The van der Waals surface area contributed by atoms with Crippen LogP contribution in [-0.4, -0.2) is 94.3 Å². The molecule has 2 aromatic heterocycles. The van der Waals surface area contributed by atoms with Gasteiger partial charge >= 0.3 is 0 Å². The van der Waals surface area contributed by atoms with E-state index in [1.54, 1.807) is 11.1 Å². The molecule has 9 heteroatoms. The number of hydrogen-bond acceptors (Lipinski definition) is 6. The molecule has 5 heterocycles. The Labute approximate surface area is 175 Å². The summed E-state index contributed by atoms with van der Waals surface area (Å²) in [4.78, 5) is 28.1. The van der Waals surface area contributed by atoms with Crippen LogP contribution in [-0.2, 0) is 4.79 Å². The highest BCUT2D eigenvalue weighted by molar-refractivity contribution is 5.82. The fourth-order valence-corrected chi connectivity index (χ4v) is 4.81. The number of imidazole rings is 1. The van der Waals surface area contributed by atoms with E-state index in [2.05, 4.69) is 25.1 Å². The molecule has 1 unspecified atom stereocenters. The third kappa shape index (κ3) is 3.79. The Hall–Kier alpha value is -2.52. The number of nitrogens with zero attached hydrogens (tertiary/aromatic N) is 6. The smallest absolute Gasteiger partial charge is 0.239 e. The number of hydrogen-bond donors (Lipinski definition) is 1. The van der Waals surface area contributed by atoms with Gasteiger partial charge in [-0.3, -0.25) is 14.3 Å². The molecule has 1 N–H and O–H groups in total. The molecule has 0 bridgehead atoms. The maximum atomic E-state index is 13.4. The predicted molar refractivity (Wildman–Crippen MR) is 111 cm³/mol. The molecule has 30 heavy (non-hydrogen) atoms. The minimum Gasteiger partial charge on any atom is -0.339 e. The molecule has 3 aliphatic rings. The normalized spacial score (nSPS) is 27.7. The van der Waals surface area contributed by atoms with Crippen LogP contribution in [0.4, 0.5) is 10.3 Å². The lowest BCUT2D eigenvalue weighted by molar-refractivity contribution is -0.132. The number of amides is 1. The van der Waals surface area contributed by atoms with Gasteiger partial charge in [0, 0.05) is 63.9 Å². The topological polar surface area (TPSA) is 69.5 Å². The van der Waals surface area contributed by atoms with Gasteiger partial charge in [0.15, 0.2) is 0 Å². The molecule has 1 amide bonds. The van der Waals surface area contributed by atoms with Crippen molar-refractivity contribution >= 4 is 11.9 Å². The molecule has 3 atom stereocenters. The number of aromatic nitrogens is 3. The van der Waals surface area contributed by atoms with Crippen molar-refractivity contribution < 1.29 is 9.18 Å². The molecule has 2 aromatic rings. The first-order valence-electron chi connectivity index (χ1n) is 10.8. The van der Waals surface area contributed by atoms with Crippen molar-refractivity contribution in [2.24, 2.45) is 0 Å². The van der Waals surface area contributed by atoms with Crippen molar-refractivity contribution in [2.75, 3.05) is 50.7 Å². The average molecular weight is 414 g/mol. The highest BCUT2D eigenvalue weighted by atomic mass is 19.1. The van der Waals surface area contributed by atoms with Gasteiger partial charge in [0.25, 0.3) is 0 Å². The first-order valence-corrected chi connectivity index (χ1v) is 10.8. The number of carbonyl (C=O) groups is 1. The van der Waals surface area contributed by atoms with Crippen molar-refractivity contribution in [1.82, 2.24) is 29.7 Å². The van der Waals surface area contributed by atoms with Crippen molar-refractivity contribution in [3.8, 4) is 5.82 Å². The number of alkyl halides is 1.